The van der Waals surface area contributed by atoms with Crippen LogP contribution in [0, 0.1) is 0 Å². The van der Waals surface area contributed by atoms with Gasteiger partial charge in [0.1, 0.15) is 17.3 Å². The number of benzene rings is 2. The van der Waals surface area contributed by atoms with E-state index in [1.807, 2.05) is 16.7 Å². The predicted octanol–water partition coefficient (Wildman–Crippen LogP) is 4.18. The number of hydrogen-bond donors (Lipinski definition) is 2. The maximum atomic E-state index is 10.1. The minimum Gasteiger partial charge on any atom is -0.508 e. The van der Waals surface area contributed by atoms with Crippen molar-refractivity contribution in [2.24, 2.45) is 0 Å². The Kier molecular flexibility index (Phi) is 3.47. The maximum absolute atomic E-state index is 10.1. The monoisotopic (exact) mass is 302 g/mol. The minimum atomic E-state index is 0.00811. The standard InChI is InChI=1S/C16H15ClN2O2/c1-2-7-19-14-8-10(17)3-6-13(14)18-16(19)12-5-4-11(20)9-15(12)21/h3-6,8-9,20-21H,2,7H2,1H3. The molecule has 0 radical (unpaired) electrons. The van der Waals surface area contributed by atoms with Gasteiger partial charge in [-0.1, -0.05) is 18.5 Å². The van der Waals surface area contributed by atoms with Crippen LogP contribution in [0.25, 0.3) is 22.4 Å². The molecule has 0 fully saturated rings. The fourth-order valence-corrected chi connectivity index (χ4v) is 2.63. The number of nitrogens with zero attached hydrogens (tertiary/aromatic N) is 2. The van der Waals surface area contributed by atoms with Crippen molar-refractivity contribution in [3.05, 3.63) is 41.4 Å². The summed E-state index contributed by atoms with van der Waals surface area (Å²) in [6, 6.07) is 10.1. The van der Waals surface area contributed by atoms with Crippen LogP contribution in [0.2, 0.25) is 5.02 Å². The van der Waals surface area contributed by atoms with Crippen molar-refractivity contribution in [2.45, 2.75) is 19.9 Å². The summed E-state index contributed by atoms with van der Waals surface area (Å²) in [6.45, 7) is 2.85. The van der Waals surface area contributed by atoms with Crippen LogP contribution in [-0.2, 0) is 6.54 Å². The maximum Gasteiger partial charge on any atom is 0.144 e. The van der Waals surface area contributed by atoms with Gasteiger partial charge in [-0.25, -0.2) is 4.98 Å². The number of rotatable bonds is 3. The van der Waals surface area contributed by atoms with Gasteiger partial charge >= 0.3 is 0 Å². The number of phenolic OH excluding ortho intramolecular Hbond substituents is 2. The Morgan fingerprint density at radius 1 is 1.14 bits per heavy atom. The average molecular weight is 303 g/mol. The third kappa shape index (κ3) is 2.43. The largest absolute Gasteiger partial charge is 0.508 e. The Morgan fingerprint density at radius 3 is 2.67 bits per heavy atom. The summed E-state index contributed by atoms with van der Waals surface area (Å²) in [6.07, 6.45) is 0.934. The van der Waals surface area contributed by atoms with Crippen molar-refractivity contribution in [1.29, 1.82) is 0 Å². The van der Waals surface area contributed by atoms with Crippen molar-refractivity contribution in [2.75, 3.05) is 0 Å². The number of phenols is 2. The third-order valence-corrected chi connectivity index (χ3v) is 3.61. The first-order chi connectivity index (χ1) is 10.1. The van der Waals surface area contributed by atoms with E-state index in [1.165, 1.54) is 12.1 Å². The molecule has 5 heteroatoms. The predicted molar refractivity (Wildman–Crippen MR) is 83.8 cm³/mol. The van der Waals surface area contributed by atoms with E-state index in [0.29, 0.717) is 16.4 Å². The molecule has 0 saturated carbocycles. The number of aromatic nitrogens is 2. The summed E-state index contributed by atoms with van der Waals surface area (Å²) < 4.78 is 2.04. The molecular weight excluding hydrogens is 288 g/mol. The molecule has 0 atom stereocenters. The fraction of sp³-hybridized carbons (Fsp3) is 0.188. The lowest BCUT2D eigenvalue weighted by molar-refractivity contribution is 0.451. The van der Waals surface area contributed by atoms with E-state index in [-0.39, 0.29) is 11.5 Å². The van der Waals surface area contributed by atoms with Crippen LogP contribution in [0.15, 0.2) is 36.4 Å². The molecule has 0 amide bonds. The molecule has 0 saturated heterocycles. The Morgan fingerprint density at radius 2 is 1.95 bits per heavy atom. The summed E-state index contributed by atoms with van der Waals surface area (Å²) in [5.74, 6) is 0.706. The molecule has 2 aromatic carbocycles. The van der Waals surface area contributed by atoms with Gasteiger partial charge in [-0.2, -0.15) is 0 Å². The van der Waals surface area contributed by atoms with Crippen LogP contribution in [0.1, 0.15) is 13.3 Å². The summed E-state index contributed by atoms with van der Waals surface area (Å²) in [5, 5.41) is 20.2. The highest BCUT2D eigenvalue weighted by atomic mass is 35.5. The SMILES string of the molecule is CCCn1c(-c2ccc(O)cc2O)nc2ccc(Cl)cc21. The number of hydrogen-bond acceptors (Lipinski definition) is 3. The molecule has 0 aliphatic carbocycles. The minimum absolute atomic E-state index is 0.00811. The smallest absolute Gasteiger partial charge is 0.144 e. The molecule has 0 aliphatic heterocycles. The second-order valence-electron chi connectivity index (χ2n) is 4.92. The van der Waals surface area contributed by atoms with Gasteiger partial charge < -0.3 is 14.8 Å². The molecule has 0 spiro atoms. The van der Waals surface area contributed by atoms with Crippen molar-refractivity contribution in [1.82, 2.24) is 9.55 Å². The molecule has 21 heavy (non-hydrogen) atoms. The zero-order chi connectivity index (χ0) is 15.0. The summed E-state index contributed by atoms with van der Waals surface area (Å²) in [5.41, 5.74) is 2.36. The third-order valence-electron chi connectivity index (χ3n) is 3.38. The first-order valence-electron chi connectivity index (χ1n) is 6.78. The van der Waals surface area contributed by atoms with Crippen LogP contribution in [0.3, 0.4) is 0 Å². The quantitative estimate of drug-likeness (QED) is 0.763. The topological polar surface area (TPSA) is 58.3 Å². The summed E-state index contributed by atoms with van der Waals surface area (Å²) in [7, 11) is 0. The van der Waals surface area contributed by atoms with Gasteiger partial charge in [-0.15, -0.1) is 0 Å². The van der Waals surface area contributed by atoms with Crippen LogP contribution in [0.5, 0.6) is 11.5 Å². The molecule has 1 aromatic heterocycles. The molecule has 1 heterocycles. The Balaban J connectivity index is 2.28. The number of aromatic hydroxyl groups is 2. The van der Waals surface area contributed by atoms with Gasteiger partial charge in [0.15, 0.2) is 0 Å². The lowest BCUT2D eigenvalue weighted by Crippen LogP contribution is -1.99. The van der Waals surface area contributed by atoms with Crippen LogP contribution >= 0.6 is 11.6 Å². The molecule has 3 aromatic rings. The second kappa shape index (κ2) is 5.30. The van der Waals surface area contributed by atoms with Crippen LogP contribution in [-0.4, -0.2) is 19.8 Å². The lowest BCUT2D eigenvalue weighted by Gasteiger charge is -2.09. The lowest BCUT2D eigenvalue weighted by atomic mass is 10.1. The normalized spacial score (nSPS) is 11.1. The average Bonchev–Trinajstić information content (AvgIpc) is 2.78. The highest BCUT2D eigenvalue weighted by molar-refractivity contribution is 6.31. The second-order valence-corrected chi connectivity index (χ2v) is 5.36. The fourth-order valence-electron chi connectivity index (χ4n) is 2.46. The van der Waals surface area contributed by atoms with Gasteiger partial charge in [0.05, 0.1) is 16.6 Å². The van der Waals surface area contributed by atoms with E-state index in [4.69, 9.17) is 11.6 Å². The number of imidazole rings is 1. The number of fused-ring (bicyclic) bond motifs is 1. The number of aryl methyl sites for hydroxylation is 1. The van der Waals surface area contributed by atoms with Crippen molar-refractivity contribution < 1.29 is 10.2 Å². The van der Waals surface area contributed by atoms with Gasteiger partial charge in [0.2, 0.25) is 0 Å². The van der Waals surface area contributed by atoms with Gasteiger partial charge in [-0.05, 0) is 36.8 Å². The van der Waals surface area contributed by atoms with E-state index >= 15 is 0 Å². The van der Waals surface area contributed by atoms with Gasteiger partial charge in [0, 0.05) is 17.6 Å². The van der Waals surface area contributed by atoms with Crippen molar-refractivity contribution >= 4 is 22.6 Å². The first-order valence-corrected chi connectivity index (χ1v) is 7.16. The van der Waals surface area contributed by atoms with Gasteiger partial charge in [0.25, 0.3) is 0 Å². The van der Waals surface area contributed by atoms with Crippen molar-refractivity contribution in [3.63, 3.8) is 0 Å². The zero-order valence-electron chi connectivity index (χ0n) is 11.5. The van der Waals surface area contributed by atoms with E-state index in [0.717, 1.165) is 24.0 Å². The molecule has 0 bridgehead atoms. The van der Waals surface area contributed by atoms with E-state index in [9.17, 15) is 10.2 Å². The molecule has 108 valence electrons. The molecule has 0 aliphatic rings. The van der Waals surface area contributed by atoms with E-state index in [2.05, 4.69) is 11.9 Å². The molecule has 3 rings (SSSR count). The summed E-state index contributed by atoms with van der Waals surface area (Å²) in [4.78, 5) is 4.60. The van der Waals surface area contributed by atoms with Crippen LogP contribution in [0.4, 0.5) is 0 Å². The Bertz CT molecular complexity index is 811. The molecular formula is C16H15ClN2O2. The van der Waals surface area contributed by atoms with Crippen molar-refractivity contribution in [3.8, 4) is 22.9 Å². The van der Waals surface area contributed by atoms with E-state index < -0.39 is 0 Å². The number of halogens is 1. The molecule has 2 N–H and O–H groups in total. The molecule has 0 unspecified atom stereocenters. The van der Waals surface area contributed by atoms with E-state index in [1.54, 1.807) is 12.1 Å². The van der Waals surface area contributed by atoms with Crippen LogP contribution < -0.4 is 0 Å². The highest BCUT2D eigenvalue weighted by Gasteiger charge is 2.15. The Labute approximate surface area is 127 Å². The zero-order valence-corrected chi connectivity index (χ0v) is 12.3. The Hall–Kier alpha value is -2.20. The summed E-state index contributed by atoms with van der Waals surface area (Å²) >= 11 is 6.07. The molecule has 4 nitrogen and oxygen atoms in total. The van der Waals surface area contributed by atoms with Gasteiger partial charge in [-0.3, -0.25) is 0 Å². The first kappa shape index (κ1) is 13.8. The highest BCUT2D eigenvalue weighted by Crippen LogP contribution is 2.34.